The lowest BCUT2D eigenvalue weighted by atomic mass is 10.00. The number of nitrogens with zero attached hydrogens (tertiary/aromatic N) is 1. The van der Waals surface area contributed by atoms with E-state index in [-0.39, 0.29) is 0 Å². The Morgan fingerprint density at radius 2 is 2.14 bits per heavy atom. The molecule has 0 amide bonds. The molecule has 0 aliphatic carbocycles. The molecule has 0 spiro atoms. The van der Waals surface area contributed by atoms with E-state index in [9.17, 15) is 0 Å². The number of rotatable bonds is 6. The first-order valence-electron chi connectivity index (χ1n) is 5.78. The van der Waals surface area contributed by atoms with Crippen molar-refractivity contribution in [1.82, 2.24) is 10.2 Å². The number of nitrogens with one attached hydrogen (secondary N) is 1. The second kappa shape index (κ2) is 6.38. The fraction of sp³-hybridized carbons (Fsp3) is 1.00. The molecule has 0 saturated carbocycles. The van der Waals surface area contributed by atoms with E-state index < -0.39 is 0 Å². The molecule has 0 bridgehead atoms. The summed E-state index contributed by atoms with van der Waals surface area (Å²) in [7, 11) is 2.21. The summed E-state index contributed by atoms with van der Waals surface area (Å²) in [5, 5.41) is 3.46. The minimum absolute atomic E-state index is 0.709. The van der Waals surface area contributed by atoms with Crippen LogP contribution in [-0.4, -0.2) is 50.8 Å². The summed E-state index contributed by atoms with van der Waals surface area (Å²) < 4.78 is 5.37. The highest BCUT2D eigenvalue weighted by atomic mass is 16.5. The number of likely N-dealkylation sites (N-methyl/N-ethyl adjacent to an activating group) is 1. The second-order valence-electron chi connectivity index (χ2n) is 4.07. The van der Waals surface area contributed by atoms with Gasteiger partial charge in [-0.05, 0) is 26.4 Å². The van der Waals surface area contributed by atoms with E-state index in [0.717, 1.165) is 32.2 Å². The Labute approximate surface area is 87.8 Å². The lowest BCUT2D eigenvalue weighted by molar-refractivity contribution is 0.101. The van der Waals surface area contributed by atoms with Crippen LogP contribution in [0.25, 0.3) is 0 Å². The maximum Gasteiger partial charge on any atom is 0.0593 e. The van der Waals surface area contributed by atoms with Gasteiger partial charge in [0.15, 0.2) is 0 Å². The highest BCUT2D eigenvalue weighted by Gasteiger charge is 2.28. The van der Waals surface area contributed by atoms with Crippen LogP contribution in [0.3, 0.4) is 0 Å². The van der Waals surface area contributed by atoms with Crippen molar-refractivity contribution in [3.63, 3.8) is 0 Å². The molecule has 1 fully saturated rings. The zero-order chi connectivity index (χ0) is 10.4. The van der Waals surface area contributed by atoms with Crippen molar-refractivity contribution < 1.29 is 4.74 Å². The lowest BCUT2D eigenvalue weighted by Gasteiger charge is -2.28. The van der Waals surface area contributed by atoms with Crippen molar-refractivity contribution in [2.45, 2.75) is 26.3 Å². The van der Waals surface area contributed by atoms with Crippen LogP contribution >= 0.6 is 0 Å². The summed E-state index contributed by atoms with van der Waals surface area (Å²) in [5.41, 5.74) is 0. The number of hydrogen-bond acceptors (Lipinski definition) is 3. The van der Waals surface area contributed by atoms with E-state index in [1.807, 2.05) is 6.92 Å². The molecule has 84 valence electrons. The Hall–Kier alpha value is -0.120. The first kappa shape index (κ1) is 12.0. The Kier molecular flexibility index (Phi) is 5.45. The van der Waals surface area contributed by atoms with Gasteiger partial charge in [0, 0.05) is 25.7 Å². The molecule has 1 aliphatic heterocycles. The van der Waals surface area contributed by atoms with Crippen molar-refractivity contribution in [2.24, 2.45) is 5.92 Å². The zero-order valence-electron chi connectivity index (χ0n) is 9.75. The number of ether oxygens (including phenoxy) is 1. The van der Waals surface area contributed by atoms with Crippen LogP contribution in [0.1, 0.15) is 20.3 Å². The molecule has 1 aliphatic rings. The first-order chi connectivity index (χ1) is 6.79. The molecule has 3 heteroatoms. The fourth-order valence-electron chi connectivity index (χ4n) is 2.17. The van der Waals surface area contributed by atoms with Gasteiger partial charge in [-0.2, -0.15) is 0 Å². The Morgan fingerprint density at radius 3 is 2.79 bits per heavy atom. The molecule has 0 aromatic rings. The summed E-state index contributed by atoms with van der Waals surface area (Å²) in [5.74, 6) is 0.821. The minimum atomic E-state index is 0.709. The monoisotopic (exact) mass is 200 g/mol. The van der Waals surface area contributed by atoms with E-state index in [4.69, 9.17) is 4.74 Å². The van der Waals surface area contributed by atoms with Gasteiger partial charge in [0.1, 0.15) is 0 Å². The zero-order valence-corrected chi connectivity index (χ0v) is 9.75. The van der Waals surface area contributed by atoms with E-state index in [0.29, 0.717) is 6.04 Å². The van der Waals surface area contributed by atoms with Crippen LogP contribution in [0.5, 0.6) is 0 Å². The summed E-state index contributed by atoms with van der Waals surface area (Å²) in [4.78, 5) is 2.43. The summed E-state index contributed by atoms with van der Waals surface area (Å²) in [6.45, 7) is 9.39. The van der Waals surface area contributed by atoms with Crippen LogP contribution in [0.4, 0.5) is 0 Å². The predicted molar refractivity (Wildman–Crippen MR) is 59.6 cm³/mol. The Morgan fingerprint density at radius 1 is 1.36 bits per heavy atom. The molecule has 2 atom stereocenters. The van der Waals surface area contributed by atoms with Crippen LogP contribution < -0.4 is 5.32 Å². The van der Waals surface area contributed by atoms with Gasteiger partial charge in [-0.15, -0.1) is 0 Å². The topological polar surface area (TPSA) is 24.5 Å². The van der Waals surface area contributed by atoms with E-state index in [1.54, 1.807) is 0 Å². The molecule has 0 radical (unpaired) electrons. The van der Waals surface area contributed by atoms with E-state index in [1.165, 1.54) is 13.0 Å². The summed E-state index contributed by atoms with van der Waals surface area (Å²) >= 11 is 0. The standard InChI is InChI=1S/C11H24N2O/c1-4-10-8-12-9-11(10)13(3)6-7-14-5-2/h10-12H,4-9H2,1-3H3. The summed E-state index contributed by atoms with van der Waals surface area (Å²) in [6, 6.07) is 0.709. The van der Waals surface area contributed by atoms with Crippen molar-refractivity contribution in [3.05, 3.63) is 0 Å². The molecule has 1 N–H and O–H groups in total. The molecule has 0 aromatic heterocycles. The fourth-order valence-corrected chi connectivity index (χ4v) is 2.17. The molecule has 2 unspecified atom stereocenters. The minimum Gasteiger partial charge on any atom is -0.380 e. The van der Waals surface area contributed by atoms with Crippen LogP contribution in [0, 0.1) is 5.92 Å². The van der Waals surface area contributed by atoms with Crippen molar-refractivity contribution >= 4 is 0 Å². The van der Waals surface area contributed by atoms with Crippen molar-refractivity contribution in [2.75, 3.05) is 39.9 Å². The van der Waals surface area contributed by atoms with Gasteiger partial charge in [0.25, 0.3) is 0 Å². The molecule has 3 nitrogen and oxygen atoms in total. The van der Waals surface area contributed by atoms with Gasteiger partial charge < -0.3 is 10.1 Å². The molecular formula is C11H24N2O. The molecule has 1 heterocycles. The van der Waals surface area contributed by atoms with E-state index >= 15 is 0 Å². The maximum atomic E-state index is 5.37. The Bertz CT molecular complexity index is 152. The molecular weight excluding hydrogens is 176 g/mol. The van der Waals surface area contributed by atoms with Gasteiger partial charge >= 0.3 is 0 Å². The molecule has 1 rings (SSSR count). The highest BCUT2D eigenvalue weighted by Crippen LogP contribution is 2.17. The number of hydrogen-bond donors (Lipinski definition) is 1. The highest BCUT2D eigenvalue weighted by molar-refractivity contribution is 4.86. The molecule has 0 aromatic carbocycles. The average Bonchev–Trinajstić information content (AvgIpc) is 2.65. The quantitative estimate of drug-likeness (QED) is 0.646. The smallest absolute Gasteiger partial charge is 0.0593 e. The van der Waals surface area contributed by atoms with Crippen molar-refractivity contribution in [1.29, 1.82) is 0 Å². The largest absolute Gasteiger partial charge is 0.380 e. The van der Waals surface area contributed by atoms with Gasteiger partial charge in [-0.3, -0.25) is 4.90 Å². The van der Waals surface area contributed by atoms with Gasteiger partial charge in [-0.1, -0.05) is 13.3 Å². The summed E-state index contributed by atoms with van der Waals surface area (Å²) in [6.07, 6.45) is 1.27. The normalized spacial score (nSPS) is 27.4. The van der Waals surface area contributed by atoms with Gasteiger partial charge in [-0.25, -0.2) is 0 Å². The van der Waals surface area contributed by atoms with E-state index in [2.05, 4.69) is 24.2 Å². The molecule has 1 saturated heterocycles. The maximum absolute atomic E-state index is 5.37. The molecule has 14 heavy (non-hydrogen) atoms. The third-order valence-corrected chi connectivity index (χ3v) is 3.19. The first-order valence-corrected chi connectivity index (χ1v) is 5.78. The second-order valence-corrected chi connectivity index (χ2v) is 4.07. The van der Waals surface area contributed by atoms with Crippen LogP contribution in [0.2, 0.25) is 0 Å². The van der Waals surface area contributed by atoms with Gasteiger partial charge in [0.05, 0.1) is 6.61 Å². The van der Waals surface area contributed by atoms with Crippen LogP contribution in [0.15, 0.2) is 0 Å². The lowest BCUT2D eigenvalue weighted by Crippen LogP contribution is -2.39. The van der Waals surface area contributed by atoms with Gasteiger partial charge in [0.2, 0.25) is 0 Å². The third kappa shape index (κ3) is 3.23. The third-order valence-electron chi connectivity index (χ3n) is 3.19. The SMILES string of the molecule is CCOCCN(C)C1CNCC1CC. The van der Waals surface area contributed by atoms with Crippen molar-refractivity contribution in [3.8, 4) is 0 Å². The van der Waals surface area contributed by atoms with Crippen LogP contribution in [-0.2, 0) is 4.74 Å². The Balaban J connectivity index is 2.24. The predicted octanol–water partition coefficient (Wildman–Crippen LogP) is 0.953. The average molecular weight is 200 g/mol.